The van der Waals surface area contributed by atoms with E-state index in [1.54, 1.807) is 50.1 Å². The molecule has 53 heavy (non-hydrogen) atoms. The second-order valence-electron chi connectivity index (χ2n) is 15.2. The number of amides is 4. The molecule has 0 spiro atoms. The van der Waals surface area contributed by atoms with E-state index in [0.717, 1.165) is 5.56 Å². The van der Waals surface area contributed by atoms with Crippen molar-refractivity contribution >= 4 is 29.4 Å². The number of aryl methyl sites for hydroxylation is 1. The lowest BCUT2D eigenvalue weighted by Gasteiger charge is -2.41. The molecule has 1 aromatic rings. The Labute approximate surface area is 317 Å². The zero-order chi connectivity index (χ0) is 40.2. The lowest BCUT2D eigenvalue weighted by atomic mass is 9.89. The average Bonchev–Trinajstić information content (AvgIpc) is 3.56. The normalized spacial score (nSPS) is 19.9. The molecule has 4 amide bonds. The Morgan fingerprint density at radius 2 is 1.55 bits per heavy atom. The molecule has 1 heterocycles. The molecule has 13 nitrogen and oxygen atoms in total. The van der Waals surface area contributed by atoms with Crippen molar-refractivity contribution in [2.45, 2.75) is 117 Å². The zero-order valence-electron chi connectivity index (χ0n) is 34.4. The molecule has 0 bridgehead atoms. The van der Waals surface area contributed by atoms with Crippen LogP contribution in [0.4, 0.5) is 0 Å². The topological polar surface area (TPSA) is 156 Å². The predicted molar refractivity (Wildman–Crippen MR) is 205 cm³/mol. The van der Waals surface area contributed by atoms with Gasteiger partial charge in [0.1, 0.15) is 6.04 Å². The zero-order valence-corrected chi connectivity index (χ0v) is 34.4. The van der Waals surface area contributed by atoms with Crippen molar-refractivity contribution in [2.24, 2.45) is 23.7 Å². The molecule has 9 atom stereocenters. The molecule has 300 valence electrons. The van der Waals surface area contributed by atoms with Gasteiger partial charge in [-0.1, -0.05) is 79.2 Å². The van der Waals surface area contributed by atoms with Gasteiger partial charge in [-0.3, -0.25) is 24.0 Å². The van der Waals surface area contributed by atoms with Gasteiger partial charge in [0.05, 0.1) is 55.3 Å². The summed E-state index contributed by atoms with van der Waals surface area (Å²) in [5, 5.41) is 8.79. The van der Waals surface area contributed by atoms with E-state index in [0.29, 0.717) is 24.9 Å². The predicted octanol–water partition coefficient (Wildman–Crippen LogP) is 3.22. The van der Waals surface area contributed by atoms with Crippen LogP contribution in [-0.2, 0) is 33.4 Å². The molecule has 0 aromatic heterocycles. The minimum absolute atomic E-state index is 0.0211. The highest BCUT2D eigenvalue weighted by atomic mass is 16.5. The van der Waals surface area contributed by atoms with Gasteiger partial charge in [0.15, 0.2) is 5.78 Å². The van der Waals surface area contributed by atoms with E-state index < -0.39 is 42.3 Å². The number of methoxy groups -OCH3 is 3. The SMILES string of the molecule is CC[C@H](C)[C@@H]([C@@H](CC(=O)N1C[C@H](OC)C[C@H]1[C@H](OC)[C@@H](C)C(=O)NCC(=O)c1ccccc1C)OC)N(C)C(=O)C(NC(=O)[C@@H](NC)C(C)C)C(C)C. The first kappa shape index (κ1) is 45.8. The second-order valence-corrected chi connectivity index (χ2v) is 15.2. The summed E-state index contributed by atoms with van der Waals surface area (Å²) in [6, 6.07) is 5.00. The summed E-state index contributed by atoms with van der Waals surface area (Å²) in [7, 11) is 8.07. The smallest absolute Gasteiger partial charge is 0.245 e. The summed E-state index contributed by atoms with van der Waals surface area (Å²) in [5.41, 5.74) is 1.38. The maximum absolute atomic E-state index is 14.3. The Hall–Kier alpha value is -3.39. The molecule has 0 aliphatic carbocycles. The fraction of sp³-hybridized carbons (Fsp3) is 0.725. The van der Waals surface area contributed by atoms with Crippen LogP contribution in [0.25, 0.3) is 0 Å². The summed E-state index contributed by atoms with van der Waals surface area (Å²) in [6.45, 7) is 15.4. The lowest BCUT2D eigenvalue weighted by molar-refractivity contribution is -0.147. The number of nitrogens with zero attached hydrogens (tertiary/aromatic N) is 2. The molecule has 1 fully saturated rings. The van der Waals surface area contributed by atoms with Gasteiger partial charge >= 0.3 is 0 Å². The van der Waals surface area contributed by atoms with Crippen LogP contribution in [0.1, 0.15) is 83.7 Å². The molecule has 1 unspecified atom stereocenters. The van der Waals surface area contributed by atoms with Crippen LogP contribution in [0, 0.1) is 30.6 Å². The summed E-state index contributed by atoms with van der Waals surface area (Å²) < 4.78 is 17.6. The molecular weight excluding hydrogens is 678 g/mol. The number of likely N-dealkylation sites (tertiary alicyclic amines) is 1. The van der Waals surface area contributed by atoms with Crippen LogP contribution in [0.2, 0.25) is 0 Å². The molecule has 0 saturated carbocycles. The van der Waals surface area contributed by atoms with Gasteiger partial charge in [-0.25, -0.2) is 0 Å². The number of benzene rings is 1. The van der Waals surface area contributed by atoms with Gasteiger partial charge in [-0.15, -0.1) is 0 Å². The molecule has 3 N–H and O–H groups in total. The minimum Gasteiger partial charge on any atom is -0.380 e. The van der Waals surface area contributed by atoms with Crippen molar-refractivity contribution in [2.75, 3.05) is 48.5 Å². The van der Waals surface area contributed by atoms with Gasteiger partial charge in [0.2, 0.25) is 23.6 Å². The van der Waals surface area contributed by atoms with E-state index in [4.69, 9.17) is 14.2 Å². The average molecular weight is 746 g/mol. The first-order valence-corrected chi connectivity index (χ1v) is 19.0. The summed E-state index contributed by atoms with van der Waals surface area (Å²) in [5.74, 6) is -2.20. The Morgan fingerprint density at radius 3 is 2.06 bits per heavy atom. The number of rotatable bonds is 21. The van der Waals surface area contributed by atoms with Crippen LogP contribution >= 0.6 is 0 Å². The monoisotopic (exact) mass is 745 g/mol. The van der Waals surface area contributed by atoms with E-state index in [1.165, 1.54) is 14.2 Å². The van der Waals surface area contributed by atoms with Crippen LogP contribution in [0.15, 0.2) is 24.3 Å². The third kappa shape index (κ3) is 11.8. The summed E-state index contributed by atoms with van der Waals surface area (Å²) in [4.78, 5) is 71.3. The number of hydrogen-bond acceptors (Lipinski definition) is 9. The first-order valence-electron chi connectivity index (χ1n) is 19.0. The molecule has 1 aliphatic heterocycles. The van der Waals surface area contributed by atoms with Gasteiger partial charge < -0.3 is 40.0 Å². The van der Waals surface area contributed by atoms with Crippen molar-refractivity contribution in [3.63, 3.8) is 0 Å². The van der Waals surface area contributed by atoms with Crippen molar-refractivity contribution < 1.29 is 38.2 Å². The number of nitrogens with one attached hydrogen (secondary N) is 3. The summed E-state index contributed by atoms with van der Waals surface area (Å²) in [6.07, 6.45) is -0.514. The Morgan fingerprint density at radius 1 is 0.925 bits per heavy atom. The highest BCUT2D eigenvalue weighted by molar-refractivity contribution is 6.00. The molecule has 2 rings (SSSR count). The van der Waals surface area contributed by atoms with Crippen molar-refractivity contribution in [1.29, 1.82) is 0 Å². The molecule has 0 radical (unpaired) electrons. The standard InChI is InChI=1S/C40H67N5O8/c1-14-25(6)36(44(10)40(50)35(24(4)5)43-39(49)34(41-9)23(2)3)32(52-12)20-33(47)45-22-28(51-11)19-30(45)37(53-13)27(8)38(48)42-21-31(46)29-18-16-15-17-26(29)7/h15-18,23-25,27-28,30,32,34-37,41H,14,19-22H2,1-13H3,(H,42,48)(H,43,49)/t25-,27+,28+,30-,32+,34-,35?,36-,37+/m0/s1. The number of carbonyl (C=O) groups is 5. The van der Waals surface area contributed by atoms with E-state index in [1.807, 2.05) is 60.6 Å². The van der Waals surface area contributed by atoms with E-state index in [9.17, 15) is 24.0 Å². The van der Waals surface area contributed by atoms with Crippen LogP contribution in [-0.4, -0.2) is 130 Å². The number of Topliss-reactive ketones (excluding diaryl/α,β-unsaturated/α-hetero) is 1. The van der Waals surface area contributed by atoms with Gasteiger partial charge in [0, 0.05) is 40.5 Å². The molecule has 1 aliphatic rings. The first-order chi connectivity index (χ1) is 25.0. The Balaban J connectivity index is 2.30. The third-order valence-corrected chi connectivity index (χ3v) is 11.0. The largest absolute Gasteiger partial charge is 0.380 e. The number of ether oxygens (including phenoxy) is 3. The van der Waals surface area contributed by atoms with Crippen molar-refractivity contribution in [1.82, 2.24) is 25.8 Å². The fourth-order valence-electron chi connectivity index (χ4n) is 7.51. The maximum atomic E-state index is 14.3. The van der Waals surface area contributed by atoms with Gasteiger partial charge in [-0.2, -0.15) is 0 Å². The van der Waals surface area contributed by atoms with Crippen LogP contribution in [0.3, 0.4) is 0 Å². The second kappa shape index (κ2) is 21.5. The third-order valence-electron chi connectivity index (χ3n) is 11.0. The highest BCUT2D eigenvalue weighted by Crippen LogP contribution is 2.31. The quantitative estimate of drug-likeness (QED) is 0.161. The van der Waals surface area contributed by atoms with Gasteiger partial charge in [0.25, 0.3) is 0 Å². The molecule has 13 heteroatoms. The van der Waals surface area contributed by atoms with Crippen molar-refractivity contribution in [3.8, 4) is 0 Å². The van der Waals surface area contributed by atoms with E-state index >= 15 is 0 Å². The molecular formula is C40H67N5O8. The fourth-order valence-corrected chi connectivity index (χ4v) is 7.51. The van der Waals surface area contributed by atoms with Crippen molar-refractivity contribution in [3.05, 3.63) is 35.4 Å². The van der Waals surface area contributed by atoms with Crippen LogP contribution < -0.4 is 16.0 Å². The number of carbonyl (C=O) groups excluding carboxylic acids is 5. The maximum Gasteiger partial charge on any atom is 0.245 e. The summed E-state index contributed by atoms with van der Waals surface area (Å²) >= 11 is 0. The highest BCUT2D eigenvalue weighted by Gasteiger charge is 2.45. The van der Waals surface area contributed by atoms with E-state index in [-0.39, 0.29) is 66.2 Å². The van der Waals surface area contributed by atoms with Crippen LogP contribution in [0.5, 0.6) is 0 Å². The Bertz CT molecular complexity index is 1370. The number of hydrogen-bond donors (Lipinski definition) is 3. The molecule has 1 saturated heterocycles. The number of likely N-dealkylation sites (N-methyl/N-ethyl adjacent to an activating group) is 2. The van der Waals surface area contributed by atoms with E-state index in [2.05, 4.69) is 16.0 Å². The van der Waals surface area contributed by atoms with Gasteiger partial charge in [-0.05, 0) is 43.7 Å². The minimum atomic E-state index is -0.783. The number of ketones is 1. The lowest BCUT2D eigenvalue weighted by Crippen LogP contribution is -2.59. The molecule has 1 aromatic carbocycles. The Kier molecular flexibility index (Phi) is 18.6.